The number of fused-ring (bicyclic) bond motifs is 1. The molecule has 0 saturated heterocycles. The molecule has 0 fully saturated rings. The molecule has 2 aromatic heterocycles. The van der Waals surface area contributed by atoms with Crippen LogP contribution < -0.4 is 0 Å². The van der Waals surface area contributed by atoms with Gasteiger partial charge >= 0.3 is 0 Å². The highest BCUT2D eigenvalue weighted by atomic mass is 35.5. The van der Waals surface area contributed by atoms with Gasteiger partial charge in [-0.05, 0) is 17.8 Å². The summed E-state index contributed by atoms with van der Waals surface area (Å²) in [5, 5.41) is 2.05. The van der Waals surface area contributed by atoms with Gasteiger partial charge in [-0.2, -0.15) is 0 Å². The van der Waals surface area contributed by atoms with Crippen molar-refractivity contribution in [2.45, 2.75) is 27.2 Å². The van der Waals surface area contributed by atoms with Crippen LogP contribution in [0.3, 0.4) is 0 Å². The predicted octanol–water partition coefficient (Wildman–Crippen LogP) is 3.84. The van der Waals surface area contributed by atoms with Crippen LogP contribution in [0.25, 0.3) is 4.96 Å². The first-order valence-corrected chi connectivity index (χ1v) is 6.93. The topological polar surface area (TPSA) is 17.3 Å². The van der Waals surface area contributed by atoms with Crippen molar-refractivity contribution >= 4 is 27.9 Å². The van der Waals surface area contributed by atoms with Gasteiger partial charge in [-0.1, -0.05) is 20.8 Å². The maximum atomic E-state index is 6.09. The summed E-state index contributed by atoms with van der Waals surface area (Å²) >= 11 is 7.76. The molecule has 4 heteroatoms. The lowest BCUT2D eigenvalue weighted by atomic mass is 9.77. The molecule has 88 valence electrons. The van der Waals surface area contributed by atoms with E-state index in [4.69, 9.17) is 11.6 Å². The summed E-state index contributed by atoms with van der Waals surface area (Å²) in [6.07, 6.45) is 5.10. The molecule has 0 aliphatic carbocycles. The third kappa shape index (κ3) is 2.11. The van der Waals surface area contributed by atoms with E-state index in [0.29, 0.717) is 11.8 Å². The zero-order valence-electron chi connectivity index (χ0n) is 9.90. The zero-order valence-corrected chi connectivity index (χ0v) is 11.5. The van der Waals surface area contributed by atoms with Crippen molar-refractivity contribution in [3.63, 3.8) is 0 Å². The smallest absolute Gasteiger partial charge is 0.193 e. The molecule has 0 aliphatic rings. The number of alkyl halides is 1. The van der Waals surface area contributed by atoms with E-state index in [1.54, 1.807) is 11.3 Å². The van der Waals surface area contributed by atoms with Crippen LogP contribution in [0.1, 0.15) is 26.5 Å². The van der Waals surface area contributed by atoms with Crippen LogP contribution in [0.2, 0.25) is 0 Å². The van der Waals surface area contributed by atoms with Gasteiger partial charge in [0.05, 0.1) is 5.69 Å². The number of aromatic nitrogens is 2. The minimum absolute atomic E-state index is 0.131. The molecular formula is C12H17ClN2S. The predicted molar refractivity (Wildman–Crippen MR) is 70.4 cm³/mol. The summed E-state index contributed by atoms with van der Waals surface area (Å²) in [6, 6.07) is 0. The van der Waals surface area contributed by atoms with E-state index < -0.39 is 0 Å². The normalized spacial score (nSPS) is 15.8. The Morgan fingerprint density at radius 2 is 2.31 bits per heavy atom. The molecule has 0 saturated carbocycles. The van der Waals surface area contributed by atoms with Crippen molar-refractivity contribution in [3.05, 3.63) is 23.5 Å². The van der Waals surface area contributed by atoms with Crippen molar-refractivity contribution in [2.24, 2.45) is 11.3 Å². The number of nitrogens with zero attached hydrogens (tertiary/aromatic N) is 2. The molecule has 16 heavy (non-hydrogen) atoms. The van der Waals surface area contributed by atoms with Gasteiger partial charge in [0.15, 0.2) is 4.96 Å². The Kier molecular flexibility index (Phi) is 3.27. The van der Waals surface area contributed by atoms with Gasteiger partial charge in [0, 0.05) is 23.7 Å². The molecule has 1 unspecified atom stereocenters. The minimum atomic E-state index is 0.131. The summed E-state index contributed by atoms with van der Waals surface area (Å²) in [7, 11) is 0. The lowest BCUT2D eigenvalue weighted by Crippen LogP contribution is -2.28. The standard InChI is InChI=1S/C12H17ClN2S/c1-9(2)12(3,8-13)6-10-7-15-4-5-16-11(15)14-10/h4-5,7,9H,6,8H2,1-3H3. The Balaban J connectivity index is 2.23. The van der Waals surface area contributed by atoms with Gasteiger partial charge in [0.2, 0.25) is 0 Å². The SMILES string of the molecule is CC(C)C(C)(CCl)Cc1cn2ccsc2n1. The van der Waals surface area contributed by atoms with Crippen molar-refractivity contribution in [1.82, 2.24) is 9.38 Å². The average molecular weight is 257 g/mol. The van der Waals surface area contributed by atoms with Gasteiger partial charge in [0.1, 0.15) is 0 Å². The molecule has 1 atom stereocenters. The largest absolute Gasteiger partial charge is 0.297 e. The number of imidazole rings is 1. The van der Waals surface area contributed by atoms with Gasteiger partial charge in [-0.3, -0.25) is 4.40 Å². The lowest BCUT2D eigenvalue weighted by Gasteiger charge is -2.30. The summed E-state index contributed by atoms with van der Waals surface area (Å²) < 4.78 is 2.08. The van der Waals surface area contributed by atoms with Crippen LogP contribution in [-0.2, 0) is 6.42 Å². The third-order valence-corrected chi connectivity index (χ3v) is 4.81. The molecule has 2 aromatic rings. The van der Waals surface area contributed by atoms with Gasteiger partial charge in [-0.15, -0.1) is 22.9 Å². The number of halogens is 1. The summed E-state index contributed by atoms with van der Waals surface area (Å²) in [4.78, 5) is 5.68. The Bertz CT molecular complexity index is 446. The first kappa shape index (κ1) is 11.9. The Labute approximate surface area is 105 Å². The molecule has 0 spiro atoms. The number of hydrogen-bond donors (Lipinski definition) is 0. The molecule has 2 nitrogen and oxygen atoms in total. The fourth-order valence-corrected chi connectivity index (χ4v) is 2.80. The maximum Gasteiger partial charge on any atom is 0.193 e. The molecule has 2 rings (SSSR count). The van der Waals surface area contributed by atoms with E-state index in [9.17, 15) is 0 Å². The van der Waals surface area contributed by atoms with E-state index >= 15 is 0 Å². The molecule has 0 aliphatic heterocycles. The second-order valence-electron chi connectivity index (χ2n) is 4.94. The van der Waals surface area contributed by atoms with E-state index in [1.165, 1.54) is 0 Å². The van der Waals surface area contributed by atoms with E-state index in [1.807, 2.05) is 6.20 Å². The highest BCUT2D eigenvalue weighted by Crippen LogP contribution is 2.32. The molecule has 0 radical (unpaired) electrons. The Hall–Kier alpha value is -0.540. The molecule has 2 heterocycles. The maximum absolute atomic E-state index is 6.09. The summed E-state index contributed by atoms with van der Waals surface area (Å²) in [6.45, 7) is 6.68. The van der Waals surface area contributed by atoms with Gasteiger partial charge in [-0.25, -0.2) is 4.98 Å². The van der Waals surface area contributed by atoms with Crippen LogP contribution in [0.5, 0.6) is 0 Å². The van der Waals surface area contributed by atoms with Gasteiger partial charge < -0.3 is 0 Å². The fourth-order valence-electron chi connectivity index (χ4n) is 1.68. The van der Waals surface area contributed by atoms with Gasteiger partial charge in [0.25, 0.3) is 0 Å². The van der Waals surface area contributed by atoms with Crippen molar-refractivity contribution in [2.75, 3.05) is 5.88 Å². The fraction of sp³-hybridized carbons (Fsp3) is 0.583. The number of thiazole rings is 1. The van der Waals surface area contributed by atoms with Crippen LogP contribution >= 0.6 is 22.9 Å². The van der Waals surface area contributed by atoms with E-state index in [-0.39, 0.29) is 5.41 Å². The van der Waals surface area contributed by atoms with Crippen LogP contribution in [0.4, 0.5) is 0 Å². The third-order valence-electron chi connectivity index (χ3n) is 3.43. The zero-order chi connectivity index (χ0) is 11.8. The van der Waals surface area contributed by atoms with Crippen molar-refractivity contribution in [3.8, 4) is 0 Å². The lowest BCUT2D eigenvalue weighted by molar-refractivity contribution is 0.251. The van der Waals surface area contributed by atoms with E-state index in [2.05, 4.69) is 41.7 Å². The van der Waals surface area contributed by atoms with Crippen LogP contribution in [0, 0.1) is 11.3 Å². The molecule has 0 N–H and O–H groups in total. The monoisotopic (exact) mass is 256 g/mol. The second kappa shape index (κ2) is 4.38. The van der Waals surface area contributed by atoms with Crippen LogP contribution in [-0.4, -0.2) is 15.3 Å². The summed E-state index contributed by atoms with van der Waals surface area (Å²) in [5.74, 6) is 1.24. The van der Waals surface area contributed by atoms with Crippen molar-refractivity contribution < 1.29 is 0 Å². The number of hydrogen-bond acceptors (Lipinski definition) is 2. The quantitative estimate of drug-likeness (QED) is 0.760. The summed E-state index contributed by atoms with van der Waals surface area (Å²) in [5.41, 5.74) is 1.27. The van der Waals surface area contributed by atoms with Crippen LogP contribution in [0.15, 0.2) is 17.8 Å². The molecule has 0 aromatic carbocycles. The average Bonchev–Trinajstić information content (AvgIpc) is 2.77. The van der Waals surface area contributed by atoms with E-state index in [0.717, 1.165) is 17.1 Å². The highest BCUT2D eigenvalue weighted by Gasteiger charge is 2.28. The molecule has 0 amide bonds. The first-order chi connectivity index (χ1) is 7.55. The Morgan fingerprint density at radius 1 is 1.56 bits per heavy atom. The second-order valence-corrected chi connectivity index (χ2v) is 6.08. The first-order valence-electron chi connectivity index (χ1n) is 5.52. The molecule has 0 bridgehead atoms. The minimum Gasteiger partial charge on any atom is -0.297 e. The molecular weight excluding hydrogens is 240 g/mol. The number of rotatable bonds is 4. The Morgan fingerprint density at radius 3 is 2.88 bits per heavy atom. The highest BCUT2D eigenvalue weighted by molar-refractivity contribution is 7.15. The van der Waals surface area contributed by atoms with Crippen molar-refractivity contribution in [1.29, 1.82) is 0 Å².